The van der Waals surface area contributed by atoms with Crippen molar-refractivity contribution in [2.24, 2.45) is 0 Å². The maximum Gasteiger partial charge on any atom is 0.118 e. The molecule has 1 heterocycles. The number of hydrogen-bond acceptors (Lipinski definition) is 1. The molecule has 0 radical (unpaired) electrons. The van der Waals surface area contributed by atoms with Crippen molar-refractivity contribution >= 4 is 0 Å². The molecule has 1 atom stereocenters. The van der Waals surface area contributed by atoms with Gasteiger partial charge in [0, 0.05) is 0 Å². The van der Waals surface area contributed by atoms with Crippen LogP contribution in [0.25, 0.3) is 0 Å². The Morgan fingerprint density at radius 3 is 2.60 bits per heavy atom. The van der Waals surface area contributed by atoms with Crippen LogP contribution in [0.4, 0.5) is 4.39 Å². The number of hydrogen-bond donors (Lipinski definition) is 0. The van der Waals surface area contributed by atoms with E-state index in [9.17, 15) is 4.39 Å². The largest absolute Gasteiger partial charge is 0.370 e. The highest BCUT2D eigenvalue weighted by Gasteiger charge is 2.20. The Kier molecular flexibility index (Phi) is 0.580. The summed E-state index contributed by atoms with van der Waals surface area (Å²) in [6.07, 6.45) is -0.0324. The predicted octanol–water partition coefficient (Wildman–Crippen LogP) is 0.355. The molecular formula is C3H5FO. The molecule has 0 aromatic rings. The summed E-state index contributed by atoms with van der Waals surface area (Å²) in [6, 6.07) is 0. The van der Waals surface area contributed by atoms with Gasteiger partial charge < -0.3 is 4.74 Å². The van der Waals surface area contributed by atoms with E-state index in [4.69, 9.17) is 0 Å². The van der Waals surface area contributed by atoms with Gasteiger partial charge in [0.15, 0.2) is 0 Å². The lowest BCUT2D eigenvalue weighted by Crippen LogP contribution is -1.81. The maximum absolute atomic E-state index is 11.1. The average Bonchev–Trinajstić information content (AvgIpc) is 2.12. The quantitative estimate of drug-likeness (QED) is 0.411. The second-order valence-electron chi connectivity index (χ2n) is 1.11. The van der Waals surface area contributed by atoms with Gasteiger partial charge in [0.05, 0.1) is 6.61 Å². The van der Waals surface area contributed by atoms with Gasteiger partial charge in [-0.3, -0.25) is 0 Å². The van der Waals surface area contributed by atoms with E-state index < -0.39 is 0 Å². The van der Waals surface area contributed by atoms with E-state index in [1.165, 1.54) is 0 Å². The molecule has 1 rings (SSSR count). The van der Waals surface area contributed by atoms with E-state index in [1.807, 2.05) is 0 Å². The first kappa shape index (κ1) is 3.09. The second kappa shape index (κ2) is 0.937. The van der Waals surface area contributed by atoms with Gasteiger partial charge in [-0.05, 0) is 0 Å². The van der Waals surface area contributed by atoms with E-state index in [0.717, 1.165) is 0 Å². The molecule has 0 amide bonds. The summed E-state index contributed by atoms with van der Waals surface area (Å²) in [6.45, 7) is 0.330. The molecule has 1 saturated heterocycles. The molecule has 0 spiro atoms. The van der Waals surface area contributed by atoms with E-state index in [2.05, 4.69) is 4.74 Å². The Morgan fingerprint density at radius 1 is 2.00 bits per heavy atom. The van der Waals surface area contributed by atoms with Crippen molar-refractivity contribution in [3.63, 3.8) is 0 Å². The smallest absolute Gasteiger partial charge is 0.118 e. The molecule has 0 N–H and O–H groups in total. The topological polar surface area (TPSA) is 12.5 Å². The van der Waals surface area contributed by atoms with Crippen LogP contribution in [0.3, 0.4) is 0 Å². The molecule has 1 aliphatic heterocycles. The zero-order valence-electron chi connectivity index (χ0n) is 2.78. The Bertz CT molecular complexity index is 33.9. The normalized spacial score (nSPS) is 34.2. The number of rotatable bonds is 1. The van der Waals surface area contributed by atoms with E-state index in [0.29, 0.717) is 6.61 Å². The van der Waals surface area contributed by atoms with Gasteiger partial charge in [-0.1, -0.05) is 0 Å². The SMILES string of the molecule is FC[C@H]1CO1. The highest BCUT2D eigenvalue weighted by Crippen LogP contribution is 2.07. The predicted molar refractivity (Wildman–Crippen MR) is 15.7 cm³/mol. The van der Waals surface area contributed by atoms with Crippen molar-refractivity contribution < 1.29 is 9.13 Å². The summed E-state index contributed by atoms with van der Waals surface area (Å²) in [7, 11) is 0. The fourth-order valence-electron chi connectivity index (χ4n) is 0.157. The molecule has 0 bridgehead atoms. The van der Waals surface area contributed by atoms with Crippen LogP contribution in [0.1, 0.15) is 0 Å². The standard InChI is InChI=1S/C3H5FO/c4-1-3-2-5-3/h3H,1-2H2/t3-/m0/s1. The third kappa shape index (κ3) is 0.581. The van der Waals surface area contributed by atoms with Crippen LogP contribution in [-0.4, -0.2) is 19.4 Å². The van der Waals surface area contributed by atoms with Crippen LogP contribution in [0.5, 0.6) is 0 Å². The lowest BCUT2D eigenvalue weighted by molar-refractivity contribution is 0.346. The molecule has 30 valence electrons. The maximum atomic E-state index is 11.1. The van der Waals surface area contributed by atoms with E-state index >= 15 is 0 Å². The number of alkyl halides is 1. The highest BCUT2D eigenvalue weighted by atomic mass is 19.1. The Balaban J connectivity index is 2.00. The van der Waals surface area contributed by atoms with Crippen LogP contribution in [0.2, 0.25) is 0 Å². The van der Waals surface area contributed by atoms with E-state index in [-0.39, 0.29) is 12.8 Å². The lowest BCUT2D eigenvalue weighted by atomic mass is 10.6. The summed E-state index contributed by atoms with van der Waals surface area (Å²) in [5.41, 5.74) is 0. The molecule has 5 heavy (non-hydrogen) atoms. The van der Waals surface area contributed by atoms with Gasteiger partial charge in [-0.25, -0.2) is 4.39 Å². The molecule has 2 heteroatoms. The van der Waals surface area contributed by atoms with Crippen LogP contribution in [0.15, 0.2) is 0 Å². The van der Waals surface area contributed by atoms with Crippen molar-refractivity contribution in [1.29, 1.82) is 0 Å². The molecule has 1 nitrogen and oxygen atoms in total. The van der Waals surface area contributed by atoms with Gasteiger partial charge >= 0.3 is 0 Å². The van der Waals surface area contributed by atoms with Gasteiger partial charge in [-0.15, -0.1) is 0 Å². The first-order chi connectivity index (χ1) is 2.43. The molecule has 0 saturated carbocycles. The Hall–Kier alpha value is -0.110. The minimum atomic E-state index is -0.306. The summed E-state index contributed by atoms with van der Waals surface area (Å²) in [4.78, 5) is 0. The first-order valence-corrected chi connectivity index (χ1v) is 1.61. The number of ether oxygens (including phenoxy) is 1. The molecule has 0 aromatic heterocycles. The van der Waals surface area contributed by atoms with Crippen molar-refractivity contribution in [2.75, 3.05) is 13.3 Å². The van der Waals surface area contributed by atoms with Crippen LogP contribution < -0.4 is 0 Å². The van der Waals surface area contributed by atoms with Crippen LogP contribution >= 0.6 is 0 Å². The summed E-state index contributed by atoms with van der Waals surface area (Å²) >= 11 is 0. The Labute approximate surface area is 29.7 Å². The molecule has 1 aliphatic rings. The third-order valence-electron chi connectivity index (χ3n) is 0.574. The zero-order valence-corrected chi connectivity index (χ0v) is 2.78. The van der Waals surface area contributed by atoms with E-state index in [1.54, 1.807) is 0 Å². The third-order valence-corrected chi connectivity index (χ3v) is 0.574. The van der Waals surface area contributed by atoms with Gasteiger partial charge in [0.1, 0.15) is 12.8 Å². The minimum Gasteiger partial charge on any atom is -0.370 e. The number of epoxide rings is 1. The fraction of sp³-hybridized carbons (Fsp3) is 1.00. The Morgan fingerprint density at radius 2 is 2.60 bits per heavy atom. The van der Waals surface area contributed by atoms with Crippen molar-refractivity contribution in [3.8, 4) is 0 Å². The lowest BCUT2D eigenvalue weighted by Gasteiger charge is -1.66. The minimum absolute atomic E-state index is 0.0324. The monoisotopic (exact) mass is 76.0 g/mol. The molecule has 1 fully saturated rings. The molecule has 0 aliphatic carbocycles. The van der Waals surface area contributed by atoms with Crippen LogP contribution in [-0.2, 0) is 4.74 Å². The highest BCUT2D eigenvalue weighted by molar-refractivity contribution is 4.65. The summed E-state index contributed by atoms with van der Waals surface area (Å²) in [5.74, 6) is 0. The number of halogens is 1. The van der Waals surface area contributed by atoms with Gasteiger partial charge in [-0.2, -0.15) is 0 Å². The fourth-order valence-corrected chi connectivity index (χ4v) is 0.157. The van der Waals surface area contributed by atoms with Crippen LogP contribution in [0, 0.1) is 0 Å². The second-order valence-corrected chi connectivity index (χ2v) is 1.11. The van der Waals surface area contributed by atoms with Gasteiger partial charge in [0.2, 0.25) is 0 Å². The summed E-state index contributed by atoms with van der Waals surface area (Å²) in [5, 5.41) is 0. The molecule has 0 unspecified atom stereocenters. The zero-order chi connectivity index (χ0) is 3.70. The van der Waals surface area contributed by atoms with Gasteiger partial charge in [0.25, 0.3) is 0 Å². The average molecular weight is 76.1 g/mol. The van der Waals surface area contributed by atoms with Crippen molar-refractivity contribution in [1.82, 2.24) is 0 Å². The summed E-state index contributed by atoms with van der Waals surface area (Å²) < 4.78 is 15.5. The first-order valence-electron chi connectivity index (χ1n) is 1.61. The van der Waals surface area contributed by atoms with Crippen molar-refractivity contribution in [3.05, 3.63) is 0 Å². The molecular weight excluding hydrogens is 71.0 g/mol. The molecule has 0 aromatic carbocycles. The van der Waals surface area contributed by atoms with Crippen molar-refractivity contribution in [2.45, 2.75) is 6.10 Å².